The van der Waals surface area contributed by atoms with E-state index in [4.69, 9.17) is 23.7 Å². The summed E-state index contributed by atoms with van der Waals surface area (Å²) in [7, 11) is 0. The number of carbonyl (C=O) groups is 2. The fourth-order valence-corrected chi connectivity index (χ4v) is 26.7. The van der Waals surface area contributed by atoms with Crippen LogP contribution in [0.15, 0.2) is 53.6 Å². The molecule has 13 aliphatic rings. The molecular weight excluding hydrogens is 1460 g/mol. The highest BCUT2D eigenvalue weighted by Crippen LogP contribution is 2.79. The summed E-state index contributed by atoms with van der Waals surface area (Å²) in [4.78, 5) is 28.8. The number of aromatic hydroxyl groups is 4. The van der Waals surface area contributed by atoms with Gasteiger partial charge in [0, 0.05) is 35.4 Å². The minimum absolute atomic E-state index is 0.00930. The van der Waals surface area contributed by atoms with Crippen LogP contribution in [0.1, 0.15) is 216 Å². The van der Waals surface area contributed by atoms with Gasteiger partial charge >= 0.3 is 11.9 Å². The summed E-state index contributed by atoms with van der Waals surface area (Å²) in [5, 5.41) is 197. The van der Waals surface area contributed by atoms with Gasteiger partial charge in [-0.05, 0) is 205 Å². The lowest BCUT2D eigenvalue weighted by molar-refractivity contribution is -0.298. The van der Waals surface area contributed by atoms with Crippen molar-refractivity contribution in [1.29, 1.82) is 0 Å². The van der Waals surface area contributed by atoms with Gasteiger partial charge in [-0.25, -0.2) is 0 Å². The Labute approximate surface area is 662 Å². The minimum atomic E-state index is -1.70. The van der Waals surface area contributed by atoms with E-state index in [1.165, 1.54) is 35.9 Å². The molecule has 2 aromatic rings. The fraction of sp³-hybridized carbons (Fsp3) is 0.793. The molecule has 2 aromatic carbocycles. The smallest absolute Gasteiger partial charge is 0.315 e. The molecular formula is C87H130O26. The minimum Gasteiger partial charge on any atom is -0.508 e. The molecule has 8 saturated carbocycles. The van der Waals surface area contributed by atoms with Crippen LogP contribution in [0.5, 0.6) is 28.7 Å². The summed E-state index contributed by atoms with van der Waals surface area (Å²) < 4.78 is 28.6. The first-order valence-electron chi connectivity index (χ1n) is 41.4. The molecule has 0 radical (unpaired) electrons. The van der Waals surface area contributed by atoms with Crippen molar-refractivity contribution < 1.29 is 130 Å². The number of aliphatic hydroxyl groups is 15. The number of rotatable bonds is 8. The molecule has 0 spiro atoms. The van der Waals surface area contributed by atoms with Crippen LogP contribution in [0.4, 0.5) is 0 Å². The van der Waals surface area contributed by atoms with Gasteiger partial charge in [-0.15, -0.1) is 0 Å². The molecule has 2 saturated heterocycles. The Bertz CT molecular complexity index is 3950. The SMILES string of the molecule is CC1(C)CC[C@]2(C(=O)O[C@@H]3O[C@H](CO)[C@@H](O)[C@H](O)[C@H]3O)CC[C@]3(C)C(=CC[C@@H]4[C@@]5(C)C[C@@H](O)[C@H](O)C(C)(C)[C@@H]5CC[C@]43C)[C@@H]2[C@@H]1O.CC1(C)CC[C@]2(C(=O)O[C@@H]3O[C@H](CO)[C@@H](O)[C@H](O)[C@H]3O)CC[C@]3(C)C(=CC[C@@H]4[C@@]5(C)C[C@@H](O)[C@H](O)[C@@](C)(CO)[C@@H]5CC[C@]43C)[C@@H]2C1.Oc1cc(O)c2c(c1)O[C@H](c1ccc(O)c(O)c1)[C@@H](O)C2. The first-order valence-corrected chi connectivity index (χ1v) is 41.4. The van der Waals surface area contributed by atoms with Gasteiger partial charge in [0.25, 0.3) is 0 Å². The number of phenols is 4. The topological polar surface area (TPSA) is 465 Å². The van der Waals surface area contributed by atoms with Gasteiger partial charge in [-0.2, -0.15) is 0 Å². The van der Waals surface area contributed by atoms with Crippen LogP contribution in [0.2, 0.25) is 0 Å². The van der Waals surface area contributed by atoms with E-state index in [9.17, 15) is 107 Å². The van der Waals surface area contributed by atoms with Crippen molar-refractivity contribution in [3.05, 3.63) is 64.8 Å². The zero-order valence-corrected chi connectivity index (χ0v) is 68.0. The third-order valence-electron chi connectivity index (χ3n) is 34.0. The highest BCUT2D eigenvalue weighted by molar-refractivity contribution is 5.80. The van der Waals surface area contributed by atoms with E-state index in [2.05, 4.69) is 81.4 Å². The maximum atomic E-state index is 14.4. The normalized spacial score (nSPS) is 48.2. The first kappa shape index (κ1) is 86.0. The molecule has 15 rings (SSSR count). The number of allylic oxidation sites excluding steroid dienone is 3. The Balaban J connectivity index is 0.000000158. The van der Waals surface area contributed by atoms with Crippen molar-refractivity contribution in [2.24, 2.45) is 100 Å². The Morgan fingerprint density at radius 3 is 1.52 bits per heavy atom. The van der Waals surface area contributed by atoms with Crippen LogP contribution in [-0.2, 0) is 35.0 Å². The maximum absolute atomic E-state index is 14.4. The van der Waals surface area contributed by atoms with Crippen molar-refractivity contribution in [1.82, 2.24) is 0 Å². The van der Waals surface area contributed by atoms with Crippen LogP contribution in [0.3, 0.4) is 0 Å². The molecule has 26 nitrogen and oxygen atoms in total. The van der Waals surface area contributed by atoms with Crippen molar-refractivity contribution >= 4 is 11.9 Å². The van der Waals surface area contributed by atoms with Crippen LogP contribution < -0.4 is 4.74 Å². The highest BCUT2D eigenvalue weighted by Gasteiger charge is 2.74. The summed E-state index contributed by atoms with van der Waals surface area (Å²) in [5.74, 6) is -1.55. The lowest BCUT2D eigenvalue weighted by Crippen LogP contribution is -2.68. The lowest BCUT2D eigenvalue weighted by atomic mass is 9.33. The van der Waals surface area contributed by atoms with Gasteiger partial charge in [0.2, 0.25) is 12.6 Å². The summed E-state index contributed by atoms with van der Waals surface area (Å²) >= 11 is 0. The number of ether oxygens (including phenoxy) is 5. The van der Waals surface area contributed by atoms with Gasteiger partial charge in [-0.1, -0.05) is 119 Å². The molecule has 0 aromatic heterocycles. The second-order valence-electron chi connectivity index (χ2n) is 40.9. The molecule has 113 heavy (non-hydrogen) atoms. The van der Waals surface area contributed by atoms with Gasteiger partial charge in [0.1, 0.15) is 72.2 Å². The fourth-order valence-electron chi connectivity index (χ4n) is 26.7. The largest absolute Gasteiger partial charge is 0.508 e. The van der Waals surface area contributed by atoms with Crippen molar-refractivity contribution in [3.8, 4) is 28.7 Å². The van der Waals surface area contributed by atoms with E-state index in [1.54, 1.807) is 0 Å². The molecule has 10 aliphatic carbocycles. The third-order valence-corrected chi connectivity index (χ3v) is 34.0. The lowest BCUT2D eigenvalue weighted by Gasteiger charge is -2.71. The van der Waals surface area contributed by atoms with E-state index in [1.807, 2.05) is 20.8 Å². The number of benzene rings is 2. The van der Waals surface area contributed by atoms with E-state index < -0.39 is 162 Å². The molecule has 32 atom stereocenters. The van der Waals surface area contributed by atoms with Crippen LogP contribution in [0, 0.1) is 100 Å². The highest BCUT2D eigenvalue weighted by atomic mass is 16.7. The van der Waals surface area contributed by atoms with Crippen molar-refractivity contribution in [3.63, 3.8) is 0 Å². The van der Waals surface area contributed by atoms with Gasteiger partial charge in [0.05, 0.1) is 67.3 Å². The summed E-state index contributed by atoms with van der Waals surface area (Å²) in [5.41, 5.74) is -1.77. The van der Waals surface area contributed by atoms with E-state index in [-0.39, 0.29) is 109 Å². The number of aliphatic hydroxyl groups excluding tert-OH is 15. The molecule has 0 unspecified atom stereocenters. The predicted octanol–water partition coefficient (Wildman–Crippen LogP) is 6.42. The second-order valence-corrected chi connectivity index (χ2v) is 40.9. The number of hydrogen-bond acceptors (Lipinski definition) is 26. The average Bonchev–Trinajstić information content (AvgIpc) is 0.691. The van der Waals surface area contributed by atoms with Crippen molar-refractivity contribution in [2.45, 2.75) is 310 Å². The van der Waals surface area contributed by atoms with E-state index >= 15 is 0 Å². The molecule has 0 bridgehead atoms. The Morgan fingerprint density at radius 2 is 0.973 bits per heavy atom. The Kier molecular flexibility index (Phi) is 22.5. The van der Waals surface area contributed by atoms with Crippen LogP contribution in [-0.4, -0.2) is 227 Å². The van der Waals surface area contributed by atoms with E-state index in [0.29, 0.717) is 62.5 Å². The monoisotopic (exact) mass is 1590 g/mol. The Morgan fingerprint density at radius 1 is 0.478 bits per heavy atom. The van der Waals surface area contributed by atoms with Gasteiger partial charge < -0.3 is 121 Å². The molecule has 19 N–H and O–H groups in total. The molecule has 26 heteroatoms. The van der Waals surface area contributed by atoms with Gasteiger partial charge in [-0.3, -0.25) is 9.59 Å². The average molecular weight is 1590 g/mol. The number of fused-ring (bicyclic) bond motifs is 15. The van der Waals surface area contributed by atoms with E-state index in [0.717, 1.165) is 63.4 Å². The molecule has 10 fully saturated rings. The first-order chi connectivity index (χ1) is 52.5. The zero-order valence-electron chi connectivity index (χ0n) is 68.0. The van der Waals surface area contributed by atoms with Crippen molar-refractivity contribution in [2.75, 3.05) is 19.8 Å². The number of esters is 2. The zero-order chi connectivity index (χ0) is 83.0. The standard InChI is InChI=1S/2C36H58O10.C15H14O6/c1-31(2)12-14-36(30(44)46-29-26(41)25(40)24(39)20(17-37)45-29)15-13-34(6)18(23(36)28(31)43)8-9-22-33(5)16-19(38)27(42)32(3,4)21(33)10-11-35(22,34)7;1-31(2)11-13-36(30(44)46-29-27(42)26(41)25(40)22(17-37)45-29)14-12-34(5)19(20(36)15-31)7-8-24-32(3)16-21(39)28(43)33(4,18-38)23(32)9-10-35(24,34)6;16-8-4-11(18)9-6-13(20)15(21-14(9)5-8)7-1-2-10(17)12(19)3-7/h8,19-29,37-43H,9-17H2,1-7H3;7,20-29,37-43H,8-18H2,1-6H3;1-5,13,15-20H,6H2/t19-,20-,21+,22-,23-,24-,25+,26-,27+,28+,29+,33+,34-,35-,36+;20-,21+,22+,23+,24+,25+,26-,27+,28-,29-,32-,33-,34+,35+,36-;13-,15+/m100/s1. The maximum Gasteiger partial charge on any atom is 0.315 e. The van der Waals surface area contributed by atoms with Gasteiger partial charge in [0.15, 0.2) is 11.5 Å². The number of phenolic OH excluding ortho intramolecular Hbond substituents is 4. The van der Waals surface area contributed by atoms with Crippen LogP contribution >= 0.6 is 0 Å². The van der Waals surface area contributed by atoms with Crippen LogP contribution in [0.25, 0.3) is 0 Å². The molecule has 0 amide bonds. The molecule has 3 heterocycles. The second kappa shape index (κ2) is 29.6. The third kappa shape index (κ3) is 13.2. The number of hydrogen-bond donors (Lipinski definition) is 19. The molecule has 3 aliphatic heterocycles. The summed E-state index contributed by atoms with van der Waals surface area (Å²) in [6, 6.07) is 6.67. The summed E-state index contributed by atoms with van der Waals surface area (Å²) in [6.45, 7) is 27.3. The predicted molar refractivity (Wildman–Crippen MR) is 408 cm³/mol. The molecule has 634 valence electrons. The Hall–Kier alpha value is -4.82. The number of carbonyl (C=O) groups excluding carboxylic acids is 2. The summed E-state index contributed by atoms with van der Waals surface area (Å²) in [6.07, 6.45) is -4.40. The quantitative estimate of drug-likeness (QED) is 0.0770.